The van der Waals surface area contributed by atoms with E-state index in [1.807, 2.05) is 0 Å². The van der Waals surface area contributed by atoms with E-state index in [9.17, 15) is 18.4 Å². The smallest absolute Gasteiger partial charge is 0.308 e. The summed E-state index contributed by atoms with van der Waals surface area (Å²) in [7, 11) is 0. The van der Waals surface area contributed by atoms with E-state index < -0.39 is 23.0 Å². The molecule has 2 aromatic rings. The molecule has 9 heteroatoms. The van der Waals surface area contributed by atoms with Crippen LogP contribution < -0.4 is 10.1 Å². The molecular weight excluding hydrogens is 328 g/mol. The Hall–Kier alpha value is -2.10. The quantitative estimate of drug-likeness (QED) is 0.517. The van der Waals surface area contributed by atoms with Crippen molar-refractivity contribution in [1.29, 1.82) is 0 Å². The number of hydrogen-bond acceptors (Lipinski definition) is 7. The minimum Gasteiger partial charge on any atom is -0.768 e. The highest BCUT2D eigenvalue weighted by atomic mass is 32.2. The summed E-state index contributed by atoms with van der Waals surface area (Å²) >= 11 is -1.57. The van der Waals surface area contributed by atoms with Crippen LogP contribution in [0.25, 0.3) is 0 Å². The topological polar surface area (TPSA) is 108 Å². The standard InChI is InChI=1S/C13H12N2O5S2/c1-7-4-3-5-9(11(7)20-8(2)16)12(17)15-13-14-6-10(21-13)22(18)19/h3-6H,1-2H3,(H,18,19)(H,14,15,17)/p-1. The molecule has 0 spiro atoms. The zero-order valence-corrected chi connectivity index (χ0v) is 13.2. The van der Waals surface area contributed by atoms with E-state index in [2.05, 4.69) is 10.3 Å². The summed E-state index contributed by atoms with van der Waals surface area (Å²) in [5.41, 5.74) is 0.790. The summed E-state index contributed by atoms with van der Waals surface area (Å²) in [6, 6.07) is 4.86. The highest BCUT2D eigenvalue weighted by Gasteiger charge is 2.17. The Morgan fingerprint density at radius 1 is 1.41 bits per heavy atom. The van der Waals surface area contributed by atoms with Gasteiger partial charge in [-0.15, -0.1) is 0 Å². The summed E-state index contributed by atoms with van der Waals surface area (Å²) in [5, 5.41) is 2.62. The second kappa shape index (κ2) is 6.77. The highest BCUT2D eigenvalue weighted by Crippen LogP contribution is 2.26. The number of aromatic nitrogens is 1. The van der Waals surface area contributed by atoms with Crippen LogP contribution in [0.3, 0.4) is 0 Å². The van der Waals surface area contributed by atoms with E-state index in [4.69, 9.17) is 4.74 Å². The first-order chi connectivity index (χ1) is 10.4. The monoisotopic (exact) mass is 339 g/mol. The van der Waals surface area contributed by atoms with Gasteiger partial charge < -0.3 is 9.29 Å². The third-order valence-electron chi connectivity index (χ3n) is 2.57. The Labute approximate surface area is 132 Å². The molecule has 0 aliphatic carbocycles. The lowest BCUT2D eigenvalue weighted by molar-refractivity contribution is -0.131. The van der Waals surface area contributed by atoms with Crippen LogP contribution in [-0.4, -0.2) is 25.6 Å². The predicted molar refractivity (Wildman–Crippen MR) is 79.7 cm³/mol. The number of rotatable bonds is 4. The summed E-state index contributed by atoms with van der Waals surface area (Å²) in [6.07, 6.45) is 1.15. The normalized spacial score (nSPS) is 11.8. The molecule has 1 aromatic heterocycles. The van der Waals surface area contributed by atoms with Crippen molar-refractivity contribution in [2.45, 2.75) is 18.1 Å². The molecule has 1 N–H and O–H groups in total. The first-order valence-electron chi connectivity index (χ1n) is 6.03. The molecular formula is C13H11N2O5S2-. The first kappa shape index (κ1) is 16.3. The van der Waals surface area contributed by atoms with Crippen molar-refractivity contribution in [3.8, 4) is 5.75 Å². The summed E-state index contributed by atoms with van der Waals surface area (Å²) in [6.45, 7) is 2.95. The van der Waals surface area contributed by atoms with Gasteiger partial charge in [0.05, 0.1) is 16.0 Å². The van der Waals surface area contributed by atoms with Crippen LogP contribution in [0.1, 0.15) is 22.8 Å². The number of para-hydroxylation sites is 1. The molecule has 22 heavy (non-hydrogen) atoms. The average Bonchev–Trinajstić information content (AvgIpc) is 2.89. The number of anilines is 1. The number of nitrogens with zero attached hydrogens (tertiary/aromatic N) is 1. The van der Waals surface area contributed by atoms with Gasteiger partial charge in [-0.2, -0.15) is 0 Å². The van der Waals surface area contributed by atoms with E-state index >= 15 is 0 Å². The van der Waals surface area contributed by atoms with Crippen molar-refractivity contribution in [2.75, 3.05) is 5.32 Å². The van der Waals surface area contributed by atoms with Gasteiger partial charge in [0.25, 0.3) is 5.91 Å². The fourth-order valence-electron chi connectivity index (χ4n) is 1.67. The second-order valence-corrected chi connectivity index (χ2v) is 6.42. The van der Waals surface area contributed by atoms with Crippen molar-refractivity contribution in [1.82, 2.24) is 4.98 Å². The van der Waals surface area contributed by atoms with E-state index in [-0.39, 0.29) is 20.7 Å². The van der Waals surface area contributed by atoms with Crippen LogP contribution in [-0.2, 0) is 15.9 Å². The molecule has 1 unspecified atom stereocenters. The van der Waals surface area contributed by atoms with Gasteiger partial charge in [0.2, 0.25) is 0 Å². The fourth-order valence-corrected chi connectivity index (χ4v) is 2.86. The van der Waals surface area contributed by atoms with Gasteiger partial charge in [0.1, 0.15) is 5.75 Å². The fraction of sp³-hybridized carbons (Fsp3) is 0.154. The number of hydrogen-bond donors (Lipinski definition) is 1. The maximum Gasteiger partial charge on any atom is 0.308 e. The van der Waals surface area contributed by atoms with E-state index in [0.29, 0.717) is 5.56 Å². The van der Waals surface area contributed by atoms with Gasteiger partial charge in [-0.3, -0.25) is 19.1 Å². The van der Waals surface area contributed by atoms with E-state index in [0.717, 1.165) is 17.5 Å². The molecule has 0 bridgehead atoms. The molecule has 1 aromatic carbocycles. The van der Waals surface area contributed by atoms with E-state index in [1.165, 1.54) is 13.0 Å². The number of carbonyl (C=O) groups excluding carboxylic acids is 2. The van der Waals surface area contributed by atoms with Crippen LogP contribution in [0.5, 0.6) is 5.75 Å². The molecule has 0 fully saturated rings. The van der Waals surface area contributed by atoms with Crippen LogP contribution in [0, 0.1) is 6.92 Å². The largest absolute Gasteiger partial charge is 0.768 e. The van der Waals surface area contributed by atoms with Gasteiger partial charge in [-0.25, -0.2) is 4.98 Å². The summed E-state index contributed by atoms with van der Waals surface area (Å²) in [4.78, 5) is 27.2. The third kappa shape index (κ3) is 3.75. The third-order valence-corrected chi connectivity index (χ3v) is 4.37. The lowest BCUT2D eigenvalue weighted by Crippen LogP contribution is -2.15. The zero-order chi connectivity index (χ0) is 16.3. The molecule has 1 heterocycles. The molecule has 1 amide bonds. The van der Waals surface area contributed by atoms with Crippen molar-refractivity contribution in [3.05, 3.63) is 35.5 Å². The maximum atomic E-state index is 12.3. The van der Waals surface area contributed by atoms with Crippen molar-refractivity contribution >= 4 is 39.4 Å². The number of nitrogens with one attached hydrogen (secondary N) is 1. The van der Waals surface area contributed by atoms with Crippen LogP contribution in [0.2, 0.25) is 0 Å². The predicted octanol–water partition coefficient (Wildman–Crippen LogP) is 1.87. The Morgan fingerprint density at radius 2 is 2.14 bits per heavy atom. The molecule has 0 aliphatic heterocycles. The molecule has 0 radical (unpaired) electrons. The Balaban J connectivity index is 2.27. The maximum absolute atomic E-state index is 12.3. The first-order valence-corrected chi connectivity index (χ1v) is 7.92. The van der Waals surface area contributed by atoms with Crippen LogP contribution in [0.15, 0.2) is 28.6 Å². The summed E-state index contributed by atoms with van der Waals surface area (Å²) < 4.78 is 26.7. The molecule has 0 saturated carbocycles. The number of esters is 1. The number of amides is 1. The van der Waals surface area contributed by atoms with E-state index in [1.54, 1.807) is 19.1 Å². The Bertz CT molecular complexity index is 757. The number of carbonyl (C=O) groups is 2. The average molecular weight is 339 g/mol. The Kier molecular flexibility index (Phi) is 5.01. The second-order valence-electron chi connectivity index (χ2n) is 4.22. The number of thiazole rings is 1. The number of ether oxygens (including phenoxy) is 1. The van der Waals surface area contributed by atoms with Gasteiger partial charge in [0, 0.05) is 6.92 Å². The molecule has 1 atom stereocenters. The van der Waals surface area contributed by atoms with Crippen LogP contribution >= 0.6 is 11.3 Å². The van der Waals surface area contributed by atoms with Gasteiger partial charge >= 0.3 is 5.97 Å². The minimum atomic E-state index is -2.40. The molecule has 0 aliphatic rings. The molecule has 116 valence electrons. The lowest BCUT2D eigenvalue weighted by Gasteiger charge is -2.10. The number of benzene rings is 1. The molecule has 2 rings (SSSR count). The van der Waals surface area contributed by atoms with Crippen LogP contribution in [0.4, 0.5) is 5.13 Å². The van der Waals surface area contributed by atoms with Gasteiger partial charge in [-0.1, -0.05) is 23.5 Å². The van der Waals surface area contributed by atoms with Crippen molar-refractivity contribution < 1.29 is 23.1 Å². The summed E-state index contributed by atoms with van der Waals surface area (Å²) in [5.74, 6) is -0.921. The number of aryl methyl sites for hydroxylation is 1. The molecule has 7 nitrogen and oxygen atoms in total. The van der Waals surface area contributed by atoms with Crippen molar-refractivity contribution in [3.63, 3.8) is 0 Å². The highest BCUT2D eigenvalue weighted by molar-refractivity contribution is 7.81. The lowest BCUT2D eigenvalue weighted by atomic mass is 10.1. The van der Waals surface area contributed by atoms with Gasteiger partial charge in [-0.05, 0) is 29.6 Å². The Morgan fingerprint density at radius 3 is 2.73 bits per heavy atom. The minimum absolute atomic E-state index is 0.0137. The SMILES string of the molecule is CC(=O)Oc1c(C)cccc1C(=O)Nc1ncc(S(=O)[O-])s1. The zero-order valence-electron chi connectivity index (χ0n) is 11.6. The van der Waals surface area contributed by atoms with Crippen molar-refractivity contribution in [2.24, 2.45) is 0 Å². The molecule has 0 saturated heterocycles. The van der Waals surface area contributed by atoms with Gasteiger partial charge in [0.15, 0.2) is 5.13 Å².